The molecule has 1 aromatic carbocycles. The minimum Gasteiger partial charge on any atom is -0.493 e. The van der Waals surface area contributed by atoms with Crippen molar-refractivity contribution in [1.29, 1.82) is 0 Å². The summed E-state index contributed by atoms with van der Waals surface area (Å²) in [6.45, 7) is 4.53. The number of carbonyl (C=O) groups is 2. The first-order valence-corrected chi connectivity index (χ1v) is 7.94. The topological polar surface area (TPSA) is 67.9 Å². The molecule has 2 rings (SSSR count). The van der Waals surface area contributed by atoms with Crippen molar-refractivity contribution in [3.05, 3.63) is 27.0 Å². The highest BCUT2D eigenvalue weighted by Crippen LogP contribution is 2.34. The second kappa shape index (κ2) is 6.99. The number of benzene rings is 1. The zero-order valence-electron chi connectivity index (χ0n) is 12.6. The van der Waals surface area contributed by atoms with Crippen molar-refractivity contribution in [1.82, 2.24) is 10.2 Å². The second-order valence-electron chi connectivity index (χ2n) is 4.50. The molecule has 0 bridgehead atoms. The van der Waals surface area contributed by atoms with Crippen LogP contribution in [0.1, 0.15) is 19.4 Å². The summed E-state index contributed by atoms with van der Waals surface area (Å²) in [5.41, 5.74) is 1.01. The predicted molar refractivity (Wildman–Crippen MR) is 90.8 cm³/mol. The summed E-state index contributed by atoms with van der Waals surface area (Å²) in [4.78, 5) is 24.9. The maximum Gasteiger partial charge on any atom is 0.328 e. The number of halogens is 1. The van der Waals surface area contributed by atoms with Gasteiger partial charge in [0, 0.05) is 6.54 Å². The Balaban J connectivity index is 2.38. The summed E-state index contributed by atoms with van der Waals surface area (Å²) in [6.07, 6.45) is 1.64. The van der Waals surface area contributed by atoms with Crippen LogP contribution in [-0.2, 0) is 4.79 Å². The molecule has 1 N–H and O–H groups in total. The number of methoxy groups -OCH3 is 1. The zero-order chi connectivity index (χ0) is 16.3. The van der Waals surface area contributed by atoms with Gasteiger partial charge >= 0.3 is 6.03 Å². The van der Waals surface area contributed by atoms with E-state index in [9.17, 15) is 9.59 Å². The van der Waals surface area contributed by atoms with Crippen molar-refractivity contribution in [3.63, 3.8) is 0 Å². The van der Waals surface area contributed by atoms with E-state index in [1.54, 1.807) is 26.2 Å². The van der Waals surface area contributed by atoms with Crippen LogP contribution in [0.25, 0.3) is 6.08 Å². The Bertz CT molecular complexity index is 643. The molecule has 0 radical (unpaired) electrons. The van der Waals surface area contributed by atoms with Gasteiger partial charge < -0.3 is 14.8 Å². The third kappa shape index (κ3) is 3.18. The first-order valence-electron chi connectivity index (χ1n) is 6.86. The van der Waals surface area contributed by atoms with Crippen molar-refractivity contribution < 1.29 is 19.1 Å². The molecule has 6 nitrogen and oxygen atoms in total. The van der Waals surface area contributed by atoms with Gasteiger partial charge in [-0.2, -0.15) is 0 Å². The fraction of sp³-hybridized carbons (Fsp3) is 0.333. The first kappa shape index (κ1) is 16.6. The second-order valence-corrected chi connectivity index (χ2v) is 5.67. The molecule has 1 aliphatic heterocycles. The van der Waals surface area contributed by atoms with E-state index in [1.807, 2.05) is 13.0 Å². The molecule has 1 fully saturated rings. The molecule has 1 heterocycles. The number of rotatable bonds is 5. The monoisotopic (exact) mass is 416 g/mol. The van der Waals surface area contributed by atoms with Gasteiger partial charge in [0.15, 0.2) is 11.5 Å². The molecule has 3 amide bonds. The Hall–Kier alpha value is -1.77. The van der Waals surface area contributed by atoms with Crippen molar-refractivity contribution in [2.24, 2.45) is 0 Å². The highest BCUT2D eigenvalue weighted by molar-refractivity contribution is 14.1. The molecule has 1 aromatic rings. The molecule has 0 aliphatic carbocycles. The average molecular weight is 416 g/mol. The van der Waals surface area contributed by atoms with Crippen molar-refractivity contribution in [2.75, 3.05) is 20.3 Å². The maximum absolute atomic E-state index is 12.1. The molecule has 7 heteroatoms. The summed E-state index contributed by atoms with van der Waals surface area (Å²) in [5, 5.41) is 2.57. The van der Waals surface area contributed by atoms with E-state index in [2.05, 4.69) is 27.9 Å². The number of hydrogen-bond acceptors (Lipinski definition) is 4. The summed E-state index contributed by atoms with van der Waals surface area (Å²) >= 11 is 2.15. The van der Waals surface area contributed by atoms with Gasteiger partial charge in [0.05, 0.1) is 17.3 Å². The van der Waals surface area contributed by atoms with Gasteiger partial charge in [-0.05, 0) is 60.2 Å². The van der Waals surface area contributed by atoms with E-state index in [0.717, 1.165) is 14.0 Å². The van der Waals surface area contributed by atoms with Gasteiger partial charge in [0.25, 0.3) is 5.91 Å². The molecular weight excluding hydrogens is 399 g/mol. The van der Waals surface area contributed by atoms with Crippen LogP contribution < -0.4 is 14.8 Å². The number of likely N-dealkylation sites (N-methyl/N-ethyl adjacent to an activating group) is 1. The molecule has 1 saturated heterocycles. The molecule has 1 aliphatic rings. The van der Waals surface area contributed by atoms with Crippen molar-refractivity contribution in [2.45, 2.75) is 13.8 Å². The number of nitrogens with zero attached hydrogens (tertiary/aromatic N) is 1. The number of imide groups is 1. The SMILES string of the molecule is CCOc1c(I)cc(/C=C2\NC(=O)N(CC)C2=O)cc1OC. The first-order chi connectivity index (χ1) is 10.5. The Morgan fingerprint density at radius 3 is 2.59 bits per heavy atom. The van der Waals surface area contributed by atoms with E-state index < -0.39 is 6.03 Å². The number of carbonyl (C=O) groups excluding carboxylic acids is 2. The van der Waals surface area contributed by atoms with Gasteiger partial charge in [-0.15, -0.1) is 0 Å². The van der Waals surface area contributed by atoms with Gasteiger partial charge in [-0.1, -0.05) is 0 Å². The quantitative estimate of drug-likeness (QED) is 0.455. The van der Waals surface area contributed by atoms with Crippen molar-refractivity contribution in [3.8, 4) is 11.5 Å². The fourth-order valence-corrected chi connectivity index (χ4v) is 2.91. The van der Waals surface area contributed by atoms with E-state index >= 15 is 0 Å². The number of amides is 3. The lowest BCUT2D eigenvalue weighted by Gasteiger charge is -2.12. The van der Waals surface area contributed by atoms with Gasteiger partial charge in [-0.3, -0.25) is 9.69 Å². The summed E-state index contributed by atoms with van der Waals surface area (Å²) in [7, 11) is 1.56. The summed E-state index contributed by atoms with van der Waals surface area (Å²) < 4.78 is 11.8. The van der Waals surface area contributed by atoms with Crippen LogP contribution in [0, 0.1) is 3.57 Å². The van der Waals surface area contributed by atoms with E-state index in [-0.39, 0.29) is 11.6 Å². The van der Waals surface area contributed by atoms with Gasteiger partial charge in [0.2, 0.25) is 0 Å². The van der Waals surface area contributed by atoms with Crippen LogP contribution in [0.2, 0.25) is 0 Å². The van der Waals surface area contributed by atoms with Crippen LogP contribution in [0.4, 0.5) is 4.79 Å². The molecule has 118 valence electrons. The molecule has 0 atom stereocenters. The highest BCUT2D eigenvalue weighted by Gasteiger charge is 2.32. The lowest BCUT2D eigenvalue weighted by Crippen LogP contribution is -2.30. The lowest BCUT2D eigenvalue weighted by molar-refractivity contribution is -0.122. The largest absolute Gasteiger partial charge is 0.493 e. The van der Waals surface area contributed by atoms with E-state index in [0.29, 0.717) is 24.7 Å². The smallest absolute Gasteiger partial charge is 0.328 e. The minimum absolute atomic E-state index is 0.258. The van der Waals surface area contributed by atoms with Crippen LogP contribution in [0.5, 0.6) is 11.5 Å². The molecule has 0 saturated carbocycles. The fourth-order valence-electron chi connectivity index (χ4n) is 2.13. The molecular formula is C15H17IN2O4. The highest BCUT2D eigenvalue weighted by atomic mass is 127. The molecule has 0 spiro atoms. The van der Waals surface area contributed by atoms with Crippen LogP contribution >= 0.6 is 22.6 Å². The Morgan fingerprint density at radius 2 is 2.05 bits per heavy atom. The number of hydrogen-bond donors (Lipinski definition) is 1. The van der Waals surface area contributed by atoms with E-state index in [1.165, 1.54) is 0 Å². The summed E-state index contributed by atoms with van der Waals surface area (Å²) in [6, 6.07) is 3.25. The normalized spacial score (nSPS) is 16.2. The molecule has 0 aromatic heterocycles. The molecule has 0 unspecified atom stereocenters. The van der Waals surface area contributed by atoms with Crippen LogP contribution in [0.3, 0.4) is 0 Å². The lowest BCUT2D eigenvalue weighted by atomic mass is 10.1. The average Bonchev–Trinajstić information content (AvgIpc) is 2.75. The number of nitrogens with one attached hydrogen (secondary N) is 1. The maximum atomic E-state index is 12.1. The Morgan fingerprint density at radius 1 is 1.32 bits per heavy atom. The Labute approximate surface area is 142 Å². The summed E-state index contributed by atoms with van der Waals surface area (Å²) in [5.74, 6) is 0.935. The van der Waals surface area contributed by atoms with Crippen molar-refractivity contribution >= 4 is 40.6 Å². The van der Waals surface area contributed by atoms with Gasteiger partial charge in [0.1, 0.15) is 5.70 Å². The minimum atomic E-state index is -0.397. The molecule has 22 heavy (non-hydrogen) atoms. The van der Waals surface area contributed by atoms with Crippen LogP contribution in [-0.4, -0.2) is 37.1 Å². The van der Waals surface area contributed by atoms with Gasteiger partial charge in [-0.25, -0.2) is 4.79 Å². The Kier molecular flexibility index (Phi) is 5.28. The number of ether oxygens (including phenoxy) is 2. The third-order valence-corrected chi connectivity index (χ3v) is 3.93. The number of urea groups is 1. The standard InChI is InChI=1S/C15H17IN2O4/c1-4-18-14(19)11(17-15(18)20)7-9-6-10(16)13(22-5-2)12(8-9)21-3/h6-8H,4-5H2,1-3H3,(H,17,20)/b11-7-. The van der Waals surface area contributed by atoms with Crippen LogP contribution in [0.15, 0.2) is 17.8 Å². The van der Waals surface area contributed by atoms with E-state index in [4.69, 9.17) is 9.47 Å². The predicted octanol–water partition coefficient (Wildman–Crippen LogP) is 2.61. The third-order valence-electron chi connectivity index (χ3n) is 3.13. The zero-order valence-corrected chi connectivity index (χ0v) is 14.8.